The molecule has 0 spiro atoms. The van der Waals surface area contributed by atoms with Gasteiger partial charge in [-0.05, 0) is 69.6 Å². The fourth-order valence-electron chi connectivity index (χ4n) is 3.98. The van der Waals surface area contributed by atoms with E-state index in [0.29, 0.717) is 0 Å². The molecule has 8 heteroatoms. The van der Waals surface area contributed by atoms with E-state index >= 15 is 0 Å². The van der Waals surface area contributed by atoms with Gasteiger partial charge in [0.15, 0.2) is 5.96 Å². The second-order valence-corrected chi connectivity index (χ2v) is 8.54. The maximum atomic E-state index is 4.57. The summed E-state index contributed by atoms with van der Waals surface area (Å²) in [7, 11) is 4.01. The van der Waals surface area contributed by atoms with Crippen LogP contribution in [0.2, 0.25) is 0 Å². The SMILES string of the molecule is CN=C(NCCCN1CCC(C)CC1)NCc1ccnc(N2CCN(C)CC2)c1.I. The molecule has 30 heavy (non-hydrogen) atoms. The van der Waals surface area contributed by atoms with Crippen molar-refractivity contribution in [1.82, 2.24) is 25.4 Å². The zero-order valence-corrected chi connectivity index (χ0v) is 21.3. The maximum absolute atomic E-state index is 4.57. The molecule has 7 nitrogen and oxygen atoms in total. The average molecular weight is 530 g/mol. The van der Waals surface area contributed by atoms with Crippen molar-refractivity contribution in [2.75, 3.05) is 71.4 Å². The molecule has 0 atom stereocenters. The molecule has 0 unspecified atom stereocenters. The Labute approximate surface area is 199 Å². The van der Waals surface area contributed by atoms with Gasteiger partial charge in [-0.2, -0.15) is 0 Å². The largest absolute Gasteiger partial charge is 0.356 e. The summed E-state index contributed by atoms with van der Waals surface area (Å²) in [6.07, 6.45) is 5.76. The highest BCUT2D eigenvalue weighted by molar-refractivity contribution is 14.0. The zero-order chi connectivity index (χ0) is 20.5. The number of anilines is 1. The fourth-order valence-corrected chi connectivity index (χ4v) is 3.98. The first-order valence-electron chi connectivity index (χ1n) is 11.2. The molecular weight excluding hydrogens is 489 g/mol. The summed E-state index contributed by atoms with van der Waals surface area (Å²) in [5.74, 6) is 2.85. The summed E-state index contributed by atoms with van der Waals surface area (Å²) < 4.78 is 0. The van der Waals surface area contributed by atoms with Crippen molar-refractivity contribution in [1.29, 1.82) is 0 Å². The third-order valence-electron chi connectivity index (χ3n) is 6.14. The third-order valence-corrected chi connectivity index (χ3v) is 6.14. The molecule has 1 aromatic heterocycles. The number of hydrogen-bond acceptors (Lipinski definition) is 5. The van der Waals surface area contributed by atoms with Gasteiger partial charge in [0.1, 0.15) is 5.82 Å². The third kappa shape index (κ3) is 8.19. The van der Waals surface area contributed by atoms with Crippen LogP contribution in [0.25, 0.3) is 0 Å². The molecule has 0 aromatic carbocycles. The minimum Gasteiger partial charge on any atom is -0.356 e. The van der Waals surface area contributed by atoms with E-state index in [1.54, 1.807) is 0 Å². The van der Waals surface area contributed by atoms with E-state index in [9.17, 15) is 0 Å². The van der Waals surface area contributed by atoms with Crippen LogP contribution in [0.15, 0.2) is 23.3 Å². The zero-order valence-electron chi connectivity index (χ0n) is 18.9. The van der Waals surface area contributed by atoms with Gasteiger partial charge in [-0.15, -0.1) is 24.0 Å². The number of rotatable bonds is 7. The molecule has 170 valence electrons. The summed E-state index contributed by atoms with van der Waals surface area (Å²) in [5.41, 5.74) is 1.24. The van der Waals surface area contributed by atoms with Crippen molar-refractivity contribution in [2.24, 2.45) is 10.9 Å². The number of piperazine rings is 1. The topological polar surface area (TPSA) is 59.0 Å². The number of nitrogens with one attached hydrogen (secondary N) is 2. The number of pyridine rings is 1. The summed E-state index contributed by atoms with van der Waals surface area (Å²) in [6.45, 7) is 12.0. The van der Waals surface area contributed by atoms with Crippen molar-refractivity contribution in [3.63, 3.8) is 0 Å². The number of halogens is 1. The van der Waals surface area contributed by atoms with Crippen molar-refractivity contribution in [3.8, 4) is 0 Å². The van der Waals surface area contributed by atoms with Crippen LogP contribution in [0.5, 0.6) is 0 Å². The molecule has 2 fully saturated rings. The van der Waals surface area contributed by atoms with E-state index in [0.717, 1.165) is 63.4 Å². The quantitative estimate of drug-likeness (QED) is 0.245. The van der Waals surface area contributed by atoms with Crippen LogP contribution in [-0.2, 0) is 6.54 Å². The van der Waals surface area contributed by atoms with Gasteiger partial charge >= 0.3 is 0 Å². The minimum absolute atomic E-state index is 0. The molecule has 0 radical (unpaired) electrons. The fraction of sp³-hybridized carbons (Fsp3) is 0.727. The Hall–Kier alpha value is -1.13. The van der Waals surface area contributed by atoms with Gasteiger partial charge in [0.05, 0.1) is 0 Å². The number of hydrogen-bond donors (Lipinski definition) is 2. The summed E-state index contributed by atoms with van der Waals surface area (Å²) in [6, 6.07) is 4.28. The summed E-state index contributed by atoms with van der Waals surface area (Å²) in [4.78, 5) is 16.3. The van der Waals surface area contributed by atoms with Crippen LogP contribution < -0.4 is 15.5 Å². The first-order valence-corrected chi connectivity index (χ1v) is 11.2. The van der Waals surface area contributed by atoms with Crippen molar-refractivity contribution in [2.45, 2.75) is 32.7 Å². The van der Waals surface area contributed by atoms with Crippen LogP contribution in [-0.4, -0.2) is 87.2 Å². The molecule has 0 bridgehead atoms. The molecule has 3 rings (SSSR count). The maximum Gasteiger partial charge on any atom is 0.191 e. The number of likely N-dealkylation sites (tertiary alicyclic amines) is 1. The molecule has 3 heterocycles. The highest BCUT2D eigenvalue weighted by atomic mass is 127. The predicted molar refractivity (Wildman–Crippen MR) is 137 cm³/mol. The van der Waals surface area contributed by atoms with Gasteiger partial charge in [0, 0.05) is 52.5 Å². The second-order valence-electron chi connectivity index (χ2n) is 8.54. The molecule has 1 aromatic rings. The van der Waals surface area contributed by atoms with E-state index < -0.39 is 0 Å². The van der Waals surface area contributed by atoms with E-state index in [4.69, 9.17) is 0 Å². The highest BCUT2D eigenvalue weighted by Gasteiger charge is 2.16. The van der Waals surface area contributed by atoms with Gasteiger partial charge in [0.25, 0.3) is 0 Å². The van der Waals surface area contributed by atoms with Crippen molar-refractivity contribution >= 4 is 35.8 Å². The van der Waals surface area contributed by atoms with Crippen LogP contribution >= 0.6 is 24.0 Å². The molecule has 2 aliphatic rings. The van der Waals surface area contributed by atoms with Crippen LogP contribution in [0.4, 0.5) is 5.82 Å². The molecule has 0 saturated carbocycles. The Bertz CT molecular complexity index is 638. The molecule has 2 saturated heterocycles. The van der Waals surface area contributed by atoms with Crippen LogP contribution in [0, 0.1) is 5.92 Å². The molecule has 2 aliphatic heterocycles. The Morgan fingerprint density at radius 3 is 2.57 bits per heavy atom. The lowest BCUT2D eigenvalue weighted by atomic mass is 9.99. The Morgan fingerprint density at radius 1 is 1.13 bits per heavy atom. The summed E-state index contributed by atoms with van der Waals surface area (Å²) in [5, 5.41) is 6.89. The molecule has 0 amide bonds. The van der Waals surface area contributed by atoms with Gasteiger partial charge in [-0.25, -0.2) is 4.98 Å². The van der Waals surface area contributed by atoms with Gasteiger partial charge in [-0.1, -0.05) is 6.92 Å². The number of piperidine rings is 1. The van der Waals surface area contributed by atoms with Gasteiger partial charge in [-0.3, -0.25) is 4.99 Å². The first-order chi connectivity index (χ1) is 14.1. The number of aromatic nitrogens is 1. The van der Waals surface area contributed by atoms with E-state index in [1.165, 1.54) is 38.0 Å². The minimum atomic E-state index is 0. The number of guanidine groups is 1. The average Bonchev–Trinajstić information content (AvgIpc) is 2.75. The van der Waals surface area contributed by atoms with Crippen LogP contribution in [0.1, 0.15) is 31.7 Å². The molecular formula is C22H40IN7. The number of nitrogens with zero attached hydrogens (tertiary/aromatic N) is 5. The van der Waals surface area contributed by atoms with Gasteiger partial charge < -0.3 is 25.3 Å². The van der Waals surface area contributed by atoms with Crippen LogP contribution in [0.3, 0.4) is 0 Å². The monoisotopic (exact) mass is 529 g/mol. The van der Waals surface area contributed by atoms with E-state index in [2.05, 4.69) is 61.4 Å². The molecule has 2 N–H and O–H groups in total. The highest BCUT2D eigenvalue weighted by Crippen LogP contribution is 2.16. The smallest absolute Gasteiger partial charge is 0.191 e. The van der Waals surface area contributed by atoms with Crippen molar-refractivity contribution in [3.05, 3.63) is 23.9 Å². The van der Waals surface area contributed by atoms with Gasteiger partial charge in [0.2, 0.25) is 0 Å². The second kappa shape index (κ2) is 13.3. The van der Waals surface area contributed by atoms with Crippen molar-refractivity contribution < 1.29 is 0 Å². The molecule has 0 aliphatic carbocycles. The lowest BCUT2D eigenvalue weighted by Crippen LogP contribution is -2.44. The lowest BCUT2D eigenvalue weighted by Gasteiger charge is -2.33. The number of likely N-dealkylation sites (N-methyl/N-ethyl adjacent to an activating group) is 1. The Kier molecular flexibility index (Phi) is 11.2. The summed E-state index contributed by atoms with van der Waals surface area (Å²) >= 11 is 0. The normalized spacial score (nSPS) is 19.4. The van der Waals surface area contributed by atoms with E-state index in [-0.39, 0.29) is 24.0 Å². The van der Waals surface area contributed by atoms with E-state index in [1.807, 2.05) is 13.2 Å². The first kappa shape index (κ1) is 25.1. The predicted octanol–water partition coefficient (Wildman–Crippen LogP) is 2.24. The Morgan fingerprint density at radius 2 is 1.87 bits per heavy atom. The standard InChI is InChI=1S/C22H39N7.HI/c1-19-6-11-28(12-7-19)10-4-8-25-22(23-2)26-18-20-5-9-24-21(17-20)29-15-13-27(3)14-16-29;/h5,9,17,19H,4,6-8,10-16,18H2,1-3H3,(H2,23,25,26);1H. The number of aliphatic imine (C=N–C) groups is 1. The Balaban J connectivity index is 0.00000320. The lowest BCUT2D eigenvalue weighted by molar-refractivity contribution is 0.191.